The minimum atomic E-state index is -1.90. The quantitative estimate of drug-likeness (QED) is 0.686. The van der Waals surface area contributed by atoms with E-state index < -0.39 is 11.5 Å². The van der Waals surface area contributed by atoms with E-state index >= 15 is 0 Å². The van der Waals surface area contributed by atoms with Crippen LogP contribution in [0, 0.1) is 0 Å². The first-order chi connectivity index (χ1) is 6.71. The highest BCUT2D eigenvalue weighted by molar-refractivity contribution is 5.27. The molecule has 0 fully saturated rings. The van der Waals surface area contributed by atoms with Gasteiger partial charge in [0, 0.05) is 18.8 Å². The van der Waals surface area contributed by atoms with Gasteiger partial charge in [0.1, 0.15) is 5.83 Å². The summed E-state index contributed by atoms with van der Waals surface area (Å²) in [6.07, 6.45) is 6.53. The lowest BCUT2D eigenvalue weighted by molar-refractivity contribution is 0.216. The van der Waals surface area contributed by atoms with Crippen LogP contribution in [0.1, 0.15) is 12.2 Å². The van der Waals surface area contributed by atoms with Gasteiger partial charge in [-0.3, -0.25) is 0 Å². The van der Waals surface area contributed by atoms with Gasteiger partial charge in [-0.25, -0.2) is 18.7 Å². The van der Waals surface area contributed by atoms with Crippen LogP contribution in [0.15, 0.2) is 42.5 Å². The Labute approximate surface area is 80.0 Å². The maximum Gasteiger partial charge on any atom is 0.194 e. The molecular formula is C10H8F2N2. The average Bonchev–Trinajstić information content (AvgIpc) is 2.19. The molecule has 1 aliphatic carbocycles. The van der Waals surface area contributed by atoms with Gasteiger partial charge in [-0.05, 0) is 18.2 Å². The largest absolute Gasteiger partial charge is 0.238 e. The Balaban J connectivity index is 2.39. The third kappa shape index (κ3) is 1.55. The molecule has 2 rings (SSSR count). The van der Waals surface area contributed by atoms with Gasteiger partial charge >= 0.3 is 0 Å². The van der Waals surface area contributed by atoms with Crippen LogP contribution in [-0.2, 0) is 5.67 Å². The molecule has 1 atom stereocenters. The molecule has 72 valence electrons. The lowest BCUT2D eigenvalue weighted by Gasteiger charge is -2.20. The second-order valence-electron chi connectivity index (χ2n) is 3.07. The van der Waals surface area contributed by atoms with E-state index in [1.165, 1.54) is 24.5 Å². The minimum Gasteiger partial charge on any atom is -0.238 e. The Kier molecular flexibility index (Phi) is 2.11. The van der Waals surface area contributed by atoms with Crippen molar-refractivity contribution in [2.75, 3.05) is 0 Å². The van der Waals surface area contributed by atoms with Crippen LogP contribution in [0.4, 0.5) is 8.78 Å². The highest BCUT2D eigenvalue weighted by atomic mass is 19.1. The van der Waals surface area contributed by atoms with Crippen molar-refractivity contribution < 1.29 is 8.78 Å². The van der Waals surface area contributed by atoms with Crippen LogP contribution >= 0.6 is 0 Å². The number of aromatic nitrogens is 2. The Bertz CT molecular complexity index is 386. The summed E-state index contributed by atoms with van der Waals surface area (Å²) in [5.74, 6) is -0.592. The summed E-state index contributed by atoms with van der Waals surface area (Å²) in [6, 6.07) is 1.59. The highest BCUT2D eigenvalue weighted by Crippen LogP contribution is 2.33. The molecule has 0 N–H and O–H groups in total. The zero-order chi connectivity index (χ0) is 10.0. The van der Waals surface area contributed by atoms with Crippen LogP contribution in [0.3, 0.4) is 0 Å². The topological polar surface area (TPSA) is 25.8 Å². The molecule has 0 saturated carbocycles. The number of rotatable bonds is 1. The van der Waals surface area contributed by atoms with Crippen molar-refractivity contribution in [3.63, 3.8) is 0 Å². The molecule has 0 amide bonds. The maximum absolute atomic E-state index is 14.1. The molecule has 1 unspecified atom stereocenters. The summed E-state index contributed by atoms with van der Waals surface area (Å²) < 4.78 is 26.9. The van der Waals surface area contributed by atoms with E-state index in [-0.39, 0.29) is 12.2 Å². The molecule has 1 heterocycles. The van der Waals surface area contributed by atoms with Crippen LogP contribution in [0.5, 0.6) is 0 Å². The molecule has 2 nitrogen and oxygen atoms in total. The van der Waals surface area contributed by atoms with Gasteiger partial charge in [0.25, 0.3) is 0 Å². The van der Waals surface area contributed by atoms with Crippen molar-refractivity contribution in [3.05, 3.63) is 48.3 Å². The van der Waals surface area contributed by atoms with Crippen molar-refractivity contribution in [2.24, 2.45) is 0 Å². The SMILES string of the molecule is FC1=CC(F)(c2ncccn2)CC=C1. The summed E-state index contributed by atoms with van der Waals surface area (Å²) in [5, 5.41) is 0. The molecule has 1 aromatic rings. The second kappa shape index (κ2) is 3.29. The van der Waals surface area contributed by atoms with E-state index in [0.29, 0.717) is 0 Å². The van der Waals surface area contributed by atoms with Gasteiger partial charge in [-0.15, -0.1) is 0 Å². The van der Waals surface area contributed by atoms with Crippen LogP contribution in [-0.4, -0.2) is 9.97 Å². The second-order valence-corrected chi connectivity index (χ2v) is 3.07. The number of allylic oxidation sites excluding steroid dienone is 4. The van der Waals surface area contributed by atoms with E-state index in [1.807, 2.05) is 0 Å². The van der Waals surface area contributed by atoms with Gasteiger partial charge in [-0.1, -0.05) is 6.08 Å². The fourth-order valence-electron chi connectivity index (χ4n) is 1.34. The first-order valence-corrected chi connectivity index (χ1v) is 4.22. The van der Waals surface area contributed by atoms with Crippen LogP contribution in [0.25, 0.3) is 0 Å². The Morgan fingerprint density at radius 1 is 1.29 bits per heavy atom. The van der Waals surface area contributed by atoms with E-state index in [2.05, 4.69) is 9.97 Å². The van der Waals surface area contributed by atoms with Gasteiger partial charge in [-0.2, -0.15) is 0 Å². The molecule has 4 heteroatoms. The molecule has 0 radical (unpaired) electrons. The molecule has 0 bridgehead atoms. The average molecular weight is 194 g/mol. The summed E-state index contributed by atoms with van der Waals surface area (Å²) in [6.45, 7) is 0. The standard InChI is InChI=1S/C10H8F2N2/c11-8-3-1-4-10(12,7-8)9-13-5-2-6-14-9/h1-3,5-7H,4H2. The predicted octanol–water partition coefficient (Wildman–Crippen LogP) is 2.45. The number of hydrogen-bond acceptors (Lipinski definition) is 2. The summed E-state index contributed by atoms with van der Waals surface area (Å²) >= 11 is 0. The van der Waals surface area contributed by atoms with Gasteiger partial charge in [0.15, 0.2) is 11.5 Å². The molecule has 0 saturated heterocycles. The molecule has 14 heavy (non-hydrogen) atoms. The lowest BCUT2D eigenvalue weighted by atomic mass is 9.96. The lowest BCUT2D eigenvalue weighted by Crippen LogP contribution is -2.21. The monoisotopic (exact) mass is 194 g/mol. The van der Waals surface area contributed by atoms with E-state index in [1.54, 1.807) is 6.07 Å². The predicted molar refractivity (Wildman–Crippen MR) is 47.8 cm³/mol. The number of hydrogen-bond donors (Lipinski definition) is 0. The van der Waals surface area contributed by atoms with Gasteiger partial charge in [0.2, 0.25) is 0 Å². The first kappa shape index (κ1) is 8.99. The first-order valence-electron chi connectivity index (χ1n) is 4.22. The summed E-state index contributed by atoms with van der Waals surface area (Å²) in [7, 11) is 0. The van der Waals surface area contributed by atoms with E-state index in [0.717, 1.165) is 6.08 Å². The zero-order valence-corrected chi connectivity index (χ0v) is 7.32. The molecule has 0 aromatic carbocycles. The summed E-state index contributed by atoms with van der Waals surface area (Å²) in [4.78, 5) is 7.55. The smallest absolute Gasteiger partial charge is 0.194 e. The Morgan fingerprint density at radius 3 is 2.64 bits per heavy atom. The van der Waals surface area contributed by atoms with Crippen molar-refractivity contribution in [1.29, 1.82) is 0 Å². The van der Waals surface area contributed by atoms with Gasteiger partial charge < -0.3 is 0 Å². The highest BCUT2D eigenvalue weighted by Gasteiger charge is 2.33. The number of nitrogens with zero attached hydrogens (tertiary/aromatic N) is 2. The van der Waals surface area contributed by atoms with E-state index in [4.69, 9.17) is 0 Å². The third-order valence-corrected chi connectivity index (χ3v) is 2.00. The van der Waals surface area contributed by atoms with Gasteiger partial charge in [0.05, 0.1) is 0 Å². The minimum absolute atomic E-state index is 0.000463. The molecular weight excluding hydrogens is 186 g/mol. The Hall–Kier alpha value is -1.58. The van der Waals surface area contributed by atoms with Crippen LogP contribution < -0.4 is 0 Å². The third-order valence-electron chi connectivity index (χ3n) is 2.00. The van der Waals surface area contributed by atoms with Crippen molar-refractivity contribution in [1.82, 2.24) is 9.97 Å². The van der Waals surface area contributed by atoms with Crippen molar-refractivity contribution in [3.8, 4) is 0 Å². The maximum atomic E-state index is 14.1. The van der Waals surface area contributed by atoms with Crippen molar-refractivity contribution >= 4 is 0 Å². The van der Waals surface area contributed by atoms with Crippen molar-refractivity contribution in [2.45, 2.75) is 12.1 Å². The summed E-state index contributed by atoms with van der Waals surface area (Å²) in [5.41, 5.74) is -1.90. The molecule has 0 spiro atoms. The number of alkyl halides is 1. The fourth-order valence-corrected chi connectivity index (χ4v) is 1.34. The molecule has 0 aliphatic heterocycles. The molecule has 1 aliphatic rings. The zero-order valence-electron chi connectivity index (χ0n) is 7.32. The number of halogens is 2. The van der Waals surface area contributed by atoms with E-state index in [9.17, 15) is 8.78 Å². The molecule has 1 aromatic heterocycles. The fraction of sp³-hybridized carbons (Fsp3) is 0.200. The normalized spacial score (nSPS) is 26.0. The van der Waals surface area contributed by atoms with Crippen LogP contribution in [0.2, 0.25) is 0 Å². The Morgan fingerprint density at radius 2 is 2.00 bits per heavy atom.